The highest BCUT2D eigenvalue weighted by Crippen LogP contribution is 2.25. The zero-order chi connectivity index (χ0) is 27.9. The van der Waals surface area contributed by atoms with E-state index in [9.17, 15) is 9.59 Å². The summed E-state index contributed by atoms with van der Waals surface area (Å²) in [7, 11) is 0. The van der Waals surface area contributed by atoms with Gasteiger partial charge in [-0.25, -0.2) is 0 Å². The number of halogens is 2. The van der Waals surface area contributed by atoms with E-state index >= 15 is 0 Å². The lowest BCUT2D eigenvalue weighted by molar-refractivity contribution is -0.140. The van der Waals surface area contributed by atoms with Crippen LogP contribution >= 0.6 is 35.0 Å². The molecular formula is C31H36Cl2N2O2S. The third-order valence-corrected chi connectivity index (χ3v) is 7.61. The quantitative estimate of drug-likeness (QED) is 0.276. The summed E-state index contributed by atoms with van der Waals surface area (Å²) in [5.41, 5.74) is 4.94. The van der Waals surface area contributed by atoms with E-state index in [2.05, 4.69) is 37.4 Å². The molecule has 4 nitrogen and oxygen atoms in total. The van der Waals surface area contributed by atoms with Crippen molar-refractivity contribution in [2.45, 2.75) is 64.9 Å². The standard InChI is InChI=1S/C31H36Cl2N2O2S/c1-21-13-22(2)15-25(14-21)19-38-20-29(36)35(18-24-11-12-26(32)27(33)16-24)28(30(37)34-31(3,4)5)17-23-9-7-6-8-10-23/h6-16,28H,17-20H2,1-5H3,(H,34,37)/t28-/m0/s1. The van der Waals surface area contributed by atoms with Crippen molar-refractivity contribution in [3.63, 3.8) is 0 Å². The van der Waals surface area contributed by atoms with Crippen molar-refractivity contribution < 1.29 is 9.59 Å². The molecule has 3 aromatic carbocycles. The molecule has 38 heavy (non-hydrogen) atoms. The fourth-order valence-corrected chi connectivity index (χ4v) is 5.50. The molecule has 3 rings (SSSR count). The highest BCUT2D eigenvalue weighted by molar-refractivity contribution is 7.99. The average Bonchev–Trinajstić information content (AvgIpc) is 2.82. The van der Waals surface area contributed by atoms with Crippen LogP contribution in [0, 0.1) is 13.8 Å². The normalized spacial score (nSPS) is 12.2. The van der Waals surface area contributed by atoms with Crippen LogP contribution in [-0.4, -0.2) is 34.0 Å². The molecule has 0 unspecified atom stereocenters. The van der Waals surface area contributed by atoms with Crippen molar-refractivity contribution in [3.8, 4) is 0 Å². The molecule has 0 saturated carbocycles. The van der Waals surface area contributed by atoms with Gasteiger partial charge in [0.1, 0.15) is 6.04 Å². The number of hydrogen-bond acceptors (Lipinski definition) is 3. The minimum Gasteiger partial charge on any atom is -0.350 e. The summed E-state index contributed by atoms with van der Waals surface area (Å²) in [5, 5.41) is 3.95. The van der Waals surface area contributed by atoms with E-state index in [4.69, 9.17) is 23.2 Å². The van der Waals surface area contributed by atoms with Crippen LogP contribution in [-0.2, 0) is 28.3 Å². The first-order valence-corrected chi connectivity index (χ1v) is 14.6. The Bertz CT molecular complexity index is 1240. The van der Waals surface area contributed by atoms with E-state index in [0.717, 1.165) is 11.1 Å². The molecule has 202 valence electrons. The van der Waals surface area contributed by atoms with Gasteiger partial charge in [0.05, 0.1) is 15.8 Å². The van der Waals surface area contributed by atoms with Crippen LogP contribution in [0.15, 0.2) is 66.7 Å². The average molecular weight is 572 g/mol. The van der Waals surface area contributed by atoms with Gasteiger partial charge in [0, 0.05) is 24.3 Å². The highest BCUT2D eigenvalue weighted by atomic mass is 35.5. The third kappa shape index (κ3) is 9.37. The van der Waals surface area contributed by atoms with Crippen LogP contribution in [0.2, 0.25) is 10.0 Å². The fourth-order valence-electron chi connectivity index (χ4n) is 4.33. The summed E-state index contributed by atoms with van der Waals surface area (Å²) in [4.78, 5) is 29.1. The number of amides is 2. The Morgan fingerprint density at radius 1 is 0.868 bits per heavy atom. The zero-order valence-corrected chi connectivity index (χ0v) is 25.0. The van der Waals surface area contributed by atoms with Gasteiger partial charge in [-0.15, -0.1) is 11.8 Å². The van der Waals surface area contributed by atoms with Gasteiger partial charge in [-0.2, -0.15) is 0 Å². The third-order valence-electron chi connectivity index (χ3n) is 5.88. The van der Waals surface area contributed by atoms with E-state index in [0.29, 0.717) is 22.2 Å². The monoisotopic (exact) mass is 570 g/mol. The zero-order valence-electron chi connectivity index (χ0n) is 22.7. The van der Waals surface area contributed by atoms with Gasteiger partial charge < -0.3 is 10.2 Å². The Morgan fingerprint density at radius 2 is 1.53 bits per heavy atom. The number of nitrogens with one attached hydrogen (secondary N) is 1. The molecule has 0 bridgehead atoms. The van der Waals surface area contributed by atoms with E-state index in [1.165, 1.54) is 16.7 Å². The van der Waals surface area contributed by atoms with Crippen LogP contribution in [0.25, 0.3) is 0 Å². The number of hydrogen-bond donors (Lipinski definition) is 1. The van der Waals surface area contributed by atoms with Gasteiger partial charge in [0.15, 0.2) is 0 Å². The van der Waals surface area contributed by atoms with Crippen LogP contribution < -0.4 is 5.32 Å². The first kappa shape index (κ1) is 30.1. The van der Waals surface area contributed by atoms with Crippen molar-refractivity contribution >= 4 is 46.8 Å². The topological polar surface area (TPSA) is 49.4 Å². The second-order valence-electron chi connectivity index (χ2n) is 10.7. The molecule has 0 aliphatic heterocycles. The van der Waals surface area contributed by atoms with Crippen molar-refractivity contribution in [3.05, 3.63) is 105 Å². The number of rotatable bonds is 10. The van der Waals surface area contributed by atoms with Crippen molar-refractivity contribution in [1.29, 1.82) is 0 Å². The van der Waals surface area contributed by atoms with Crippen LogP contribution in [0.4, 0.5) is 0 Å². The Kier molecular flexibility index (Phi) is 10.7. The first-order valence-electron chi connectivity index (χ1n) is 12.7. The molecule has 0 aromatic heterocycles. The molecule has 0 aliphatic carbocycles. The summed E-state index contributed by atoms with van der Waals surface area (Å²) >= 11 is 14.0. The second-order valence-corrected chi connectivity index (χ2v) is 12.5. The molecule has 0 spiro atoms. The van der Waals surface area contributed by atoms with E-state index in [1.54, 1.807) is 28.8 Å². The van der Waals surface area contributed by atoms with Crippen LogP contribution in [0.1, 0.15) is 48.6 Å². The summed E-state index contributed by atoms with van der Waals surface area (Å²) < 4.78 is 0. The number of carbonyl (C=O) groups is 2. The summed E-state index contributed by atoms with van der Waals surface area (Å²) in [6.07, 6.45) is 0.400. The molecular weight excluding hydrogens is 535 g/mol. The lowest BCUT2D eigenvalue weighted by Crippen LogP contribution is -2.54. The van der Waals surface area contributed by atoms with Gasteiger partial charge in [0.2, 0.25) is 11.8 Å². The SMILES string of the molecule is Cc1cc(C)cc(CSCC(=O)N(Cc2ccc(Cl)c(Cl)c2)[C@@H](Cc2ccccc2)C(=O)NC(C)(C)C)c1. The van der Waals surface area contributed by atoms with E-state index in [1.807, 2.05) is 57.2 Å². The molecule has 0 heterocycles. The lowest BCUT2D eigenvalue weighted by Gasteiger charge is -2.34. The summed E-state index contributed by atoms with van der Waals surface area (Å²) in [6, 6.07) is 20.8. The highest BCUT2D eigenvalue weighted by Gasteiger charge is 2.32. The van der Waals surface area contributed by atoms with E-state index < -0.39 is 11.6 Å². The lowest BCUT2D eigenvalue weighted by atomic mass is 10.0. The minimum absolute atomic E-state index is 0.101. The number of aryl methyl sites for hydroxylation is 2. The Labute approximate surface area is 241 Å². The van der Waals surface area contributed by atoms with Gasteiger partial charge in [-0.05, 0) is 63.4 Å². The fraction of sp³-hybridized carbons (Fsp3) is 0.355. The molecule has 0 radical (unpaired) electrons. The molecule has 2 amide bonds. The number of thioether (sulfide) groups is 1. The first-order chi connectivity index (χ1) is 17.9. The molecule has 0 saturated heterocycles. The molecule has 1 N–H and O–H groups in total. The summed E-state index contributed by atoms with van der Waals surface area (Å²) in [6.45, 7) is 10.2. The van der Waals surface area contributed by atoms with Gasteiger partial charge >= 0.3 is 0 Å². The smallest absolute Gasteiger partial charge is 0.243 e. The number of nitrogens with zero attached hydrogens (tertiary/aromatic N) is 1. The molecule has 0 aliphatic rings. The number of benzene rings is 3. The van der Waals surface area contributed by atoms with E-state index in [-0.39, 0.29) is 24.1 Å². The molecule has 3 aromatic rings. The number of carbonyl (C=O) groups excluding carboxylic acids is 2. The molecule has 1 atom stereocenters. The summed E-state index contributed by atoms with van der Waals surface area (Å²) in [5.74, 6) is 0.680. The molecule has 7 heteroatoms. The van der Waals surface area contributed by atoms with Crippen LogP contribution in [0.3, 0.4) is 0 Å². The Hall–Kier alpha value is -2.47. The maximum Gasteiger partial charge on any atom is 0.243 e. The van der Waals surface area contributed by atoms with Gasteiger partial charge in [-0.3, -0.25) is 9.59 Å². The van der Waals surface area contributed by atoms with Gasteiger partial charge in [0.25, 0.3) is 0 Å². The molecule has 0 fully saturated rings. The van der Waals surface area contributed by atoms with Crippen molar-refractivity contribution in [2.75, 3.05) is 5.75 Å². The van der Waals surface area contributed by atoms with Crippen LogP contribution in [0.5, 0.6) is 0 Å². The Balaban J connectivity index is 1.90. The maximum absolute atomic E-state index is 13.8. The largest absolute Gasteiger partial charge is 0.350 e. The predicted octanol–water partition coefficient (Wildman–Crippen LogP) is 7.40. The van der Waals surface area contributed by atoms with Gasteiger partial charge in [-0.1, -0.05) is 88.9 Å². The second kappa shape index (κ2) is 13.5. The minimum atomic E-state index is -0.694. The van der Waals surface area contributed by atoms with Crippen molar-refractivity contribution in [1.82, 2.24) is 10.2 Å². The van der Waals surface area contributed by atoms with Crippen molar-refractivity contribution in [2.24, 2.45) is 0 Å². The maximum atomic E-state index is 13.8. The predicted molar refractivity (Wildman–Crippen MR) is 161 cm³/mol. The Morgan fingerprint density at radius 3 is 2.13 bits per heavy atom.